The molecule has 27 heavy (non-hydrogen) atoms. The summed E-state index contributed by atoms with van der Waals surface area (Å²) in [6.45, 7) is 3.64. The lowest BCUT2D eigenvalue weighted by Gasteiger charge is -2.40. The lowest BCUT2D eigenvalue weighted by molar-refractivity contribution is -0.122. The van der Waals surface area contributed by atoms with Gasteiger partial charge in [-0.25, -0.2) is 4.68 Å². The first-order valence-electron chi connectivity index (χ1n) is 9.35. The van der Waals surface area contributed by atoms with Gasteiger partial charge in [-0.05, 0) is 24.1 Å². The molecule has 0 spiro atoms. The molecule has 2 aliphatic heterocycles. The number of piperidine rings is 1. The Bertz CT molecular complexity index is 776. The van der Waals surface area contributed by atoms with Crippen LogP contribution in [0.25, 0.3) is 0 Å². The fourth-order valence-electron chi connectivity index (χ4n) is 3.74. The molecule has 1 aromatic heterocycles. The number of nitrogens with zero attached hydrogens (tertiary/aromatic N) is 4. The number of hydrogen-bond donors (Lipinski definition) is 1. The van der Waals surface area contributed by atoms with E-state index in [0.29, 0.717) is 19.6 Å². The molecule has 0 radical (unpaired) electrons. The zero-order chi connectivity index (χ0) is 18.6. The van der Waals surface area contributed by atoms with E-state index in [1.807, 2.05) is 28.9 Å². The second-order valence-corrected chi connectivity index (χ2v) is 7.05. The molecule has 0 saturated carbocycles. The van der Waals surface area contributed by atoms with Gasteiger partial charge in [0.2, 0.25) is 5.91 Å². The maximum atomic E-state index is 12.2. The average molecular weight is 371 g/mol. The van der Waals surface area contributed by atoms with Crippen molar-refractivity contribution in [3.05, 3.63) is 41.7 Å². The van der Waals surface area contributed by atoms with Gasteiger partial charge in [-0.15, -0.1) is 5.10 Å². The number of amides is 1. The van der Waals surface area contributed by atoms with Gasteiger partial charge in [-0.2, -0.15) is 0 Å². The van der Waals surface area contributed by atoms with Crippen LogP contribution < -0.4 is 10.1 Å². The minimum atomic E-state index is 0.0641. The smallest absolute Gasteiger partial charge is 0.221 e. The summed E-state index contributed by atoms with van der Waals surface area (Å²) in [5.41, 5.74) is 2.08. The lowest BCUT2D eigenvalue weighted by Crippen LogP contribution is -2.48. The molecule has 2 atom stereocenters. The largest absolute Gasteiger partial charge is 0.497 e. The standard InChI is InChI=1S/C19H25N5O3/c1-26-16-4-2-14(3-5-16)10-20-19(25)7-9-23-8-6-18-17(12-23)24-15(13-27-18)11-21-22-24/h2-5,11,17-18H,6-10,12-13H2,1H3,(H,20,25)/t17-,18+/m0/s1. The first kappa shape index (κ1) is 17.9. The van der Waals surface area contributed by atoms with Crippen LogP contribution in [-0.4, -0.2) is 58.6 Å². The Labute approximate surface area is 158 Å². The molecule has 0 unspecified atom stereocenters. The van der Waals surface area contributed by atoms with E-state index < -0.39 is 0 Å². The summed E-state index contributed by atoms with van der Waals surface area (Å²) in [5, 5.41) is 11.2. The van der Waals surface area contributed by atoms with Crippen molar-refractivity contribution in [2.45, 2.75) is 38.1 Å². The fraction of sp³-hybridized carbons (Fsp3) is 0.526. The van der Waals surface area contributed by atoms with Gasteiger partial charge >= 0.3 is 0 Å². The highest BCUT2D eigenvalue weighted by atomic mass is 16.5. The normalized spacial score (nSPS) is 22.0. The van der Waals surface area contributed by atoms with Crippen LogP contribution in [0.15, 0.2) is 30.5 Å². The van der Waals surface area contributed by atoms with Crippen LogP contribution in [-0.2, 0) is 22.7 Å². The number of carbonyl (C=O) groups is 1. The van der Waals surface area contributed by atoms with Crippen molar-refractivity contribution in [3.63, 3.8) is 0 Å². The molecule has 3 heterocycles. The van der Waals surface area contributed by atoms with E-state index in [1.54, 1.807) is 13.3 Å². The highest BCUT2D eigenvalue weighted by Gasteiger charge is 2.36. The van der Waals surface area contributed by atoms with Gasteiger partial charge in [0, 0.05) is 32.6 Å². The van der Waals surface area contributed by atoms with Crippen LogP contribution >= 0.6 is 0 Å². The van der Waals surface area contributed by atoms with Gasteiger partial charge in [0.1, 0.15) is 5.75 Å². The van der Waals surface area contributed by atoms with E-state index in [4.69, 9.17) is 9.47 Å². The van der Waals surface area contributed by atoms with Gasteiger partial charge < -0.3 is 19.7 Å². The number of hydrogen-bond acceptors (Lipinski definition) is 6. The predicted octanol–water partition coefficient (Wildman–Crippen LogP) is 1.14. The minimum Gasteiger partial charge on any atom is -0.497 e. The summed E-state index contributed by atoms with van der Waals surface area (Å²) < 4.78 is 13.1. The van der Waals surface area contributed by atoms with Crippen LogP contribution in [0, 0.1) is 0 Å². The molecule has 1 fully saturated rings. The Morgan fingerprint density at radius 1 is 1.37 bits per heavy atom. The summed E-state index contributed by atoms with van der Waals surface area (Å²) in [5.74, 6) is 0.880. The lowest BCUT2D eigenvalue weighted by atomic mass is 10.0. The molecule has 1 N–H and O–H groups in total. The number of methoxy groups -OCH3 is 1. The van der Waals surface area contributed by atoms with Crippen molar-refractivity contribution in [2.75, 3.05) is 26.7 Å². The summed E-state index contributed by atoms with van der Waals surface area (Å²) in [6.07, 6.45) is 3.40. The Hall–Kier alpha value is -2.45. The highest BCUT2D eigenvalue weighted by molar-refractivity contribution is 5.76. The molecule has 2 aliphatic rings. The molecule has 4 rings (SSSR count). The first-order chi connectivity index (χ1) is 13.2. The Morgan fingerprint density at radius 3 is 3.04 bits per heavy atom. The van der Waals surface area contributed by atoms with Crippen molar-refractivity contribution in [1.29, 1.82) is 0 Å². The molecule has 0 aliphatic carbocycles. The van der Waals surface area contributed by atoms with Crippen molar-refractivity contribution < 1.29 is 14.3 Å². The van der Waals surface area contributed by atoms with Crippen LogP contribution in [0.4, 0.5) is 0 Å². The Kier molecular flexibility index (Phi) is 5.35. The van der Waals surface area contributed by atoms with Crippen LogP contribution in [0.1, 0.15) is 30.1 Å². The van der Waals surface area contributed by atoms with E-state index in [1.165, 1.54) is 0 Å². The number of ether oxygens (including phenoxy) is 2. The highest BCUT2D eigenvalue weighted by Crippen LogP contribution is 2.29. The molecule has 8 nitrogen and oxygen atoms in total. The third-order valence-electron chi connectivity index (χ3n) is 5.32. The molecule has 2 aromatic rings. The van der Waals surface area contributed by atoms with Crippen LogP contribution in [0.5, 0.6) is 5.75 Å². The van der Waals surface area contributed by atoms with Gasteiger partial charge in [-0.3, -0.25) is 4.79 Å². The number of fused-ring (bicyclic) bond motifs is 3. The van der Waals surface area contributed by atoms with Gasteiger partial charge in [0.25, 0.3) is 0 Å². The zero-order valence-corrected chi connectivity index (χ0v) is 15.5. The van der Waals surface area contributed by atoms with Crippen molar-refractivity contribution >= 4 is 5.91 Å². The van der Waals surface area contributed by atoms with Gasteiger partial charge in [0.05, 0.1) is 37.8 Å². The zero-order valence-electron chi connectivity index (χ0n) is 15.5. The SMILES string of the molecule is COc1ccc(CNC(=O)CCN2CC[C@H]3OCc4cnnn4[C@H]3C2)cc1. The minimum absolute atomic E-state index is 0.0641. The monoisotopic (exact) mass is 371 g/mol. The van der Waals surface area contributed by atoms with Crippen LogP contribution in [0.2, 0.25) is 0 Å². The second-order valence-electron chi connectivity index (χ2n) is 7.05. The predicted molar refractivity (Wildman–Crippen MR) is 98.2 cm³/mol. The second kappa shape index (κ2) is 8.06. The van der Waals surface area contributed by atoms with Crippen LogP contribution in [0.3, 0.4) is 0 Å². The van der Waals surface area contributed by atoms with E-state index in [-0.39, 0.29) is 18.1 Å². The molecule has 1 amide bonds. The van der Waals surface area contributed by atoms with E-state index in [0.717, 1.165) is 43.1 Å². The molecule has 1 saturated heterocycles. The molecular formula is C19H25N5O3. The van der Waals surface area contributed by atoms with E-state index in [9.17, 15) is 4.79 Å². The molecule has 1 aromatic carbocycles. The fourth-order valence-corrected chi connectivity index (χ4v) is 3.74. The van der Waals surface area contributed by atoms with E-state index >= 15 is 0 Å². The summed E-state index contributed by atoms with van der Waals surface area (Å²) in [4.78, 5) is 14.5. The quantitative estimate of drug-likeness (QED) is 0.820. The Morgan fingerprint density at radius 2 is 2.22 bits per heavy atom. The topological polar surface area (TPSA) is 81.5 Å². The molecule has 0 bridgehead atoms. The first-order valence-corrected chi connectivity index (χ1v) is 9.35. The number of nitrogens with one attached hydrogen (secondary N) is 1. The molecule has 144 valence electrons. The van der Waals surface area contributed by atoms with Crippen molar-refractivity contribution in [1.82, 2.24) is 25.2 Å². The molecule has 8 heteroatoms. The summed E-state index contributed by atoms with van der Waals surface area (Å²) in [6, 6.07) is 7.91. The summed E-state index contributed by atoms with van der Waals surface area (Å²) in [7, 11) is 1.64. The van der Waals surface area contributed by atoms with E-state index in [2.05, 4.69) is 20.5 Å². The van der Waals surface area contributed by atoms with Crippen molar-refractivity contribution in [3.8, 4) is 5.75 Å². The third kappa shape index (κ3) is 4.12. The number of benzene rings is 1. The maximum absolute atomic E-state index is 12.2. The molecular weight excluding hydrogens is 346 g/mol. The average Bonchev–Trinajstić information content (AvgIpc) is 3.20. The van der Waals surface area contributed by atoms with Gasteiger partial charge in [-0.1, -0.05) is 17.3 Å². The third-order valence-corrected chi connectivity index (χ3v) is 5.32. The Balaban J connectivity index is 1.24. The number of aromatic nitrogens is 3. The van der Waals surface area contributed by atoms with Gasteiger partial charge in [0.15, 0.2) is 0 Å². The van der Waals surface area contributed by atoms with Crippen molar-refractivity contribution in [2.24, 2.45) is 0 Å². The number of carbonyl (C=O) groups excluding carboxylic acids is 1. The number of rotatable bonds is 6. The summed E-state index contributed by atoms with van der Waals surface area (Å²) >= 11 is 0. The maximum Gasteiger partial charge on any atom is 0.221 e. The number of likely N-dealkylation sites (tertiary alicyclic amines) is 1.